The molecule has 0 aliphatic rings. The standard InChI is InChI=1S/C13H23N3O3S/c1-3-10(6-7-17)9-16-13-8-11(4-5-12(13)14)20(18,19)15-2/h4-5,8,10,15-17H,3,6-7,9,14H2,1-2H3. The zero-order chi connectivity index (χ0) is 15.2. The SMILES string of the molecule is CCC(CCO)CNc1cc(S(=O)(=O)NC)ccc1N. The summed E-state index contributed by atoms with van der Waals surface area (Å²) in [5.41, 5.74) is 6.94. The number of nitrogens with two attached hydrogens (primary N) is 1. The number of benzene rings is 1. The lowest BCUT2D eigenvalue weighted by atomic mass is 10.0. The molecule has 0 aliphatic heterocycles. The number of nitrogens with one attached hydrogen (secondary N) is 2. The Labute approximate surface area is 120 Å². The number of rotatable bonds is 8. The van der Waals surface area contributed by atoms with E-state index in [-0.39, 0.29) is 11.5 Å². The summed E-state index contributed by atoms with van der Waals surface area (Å²) >= 11 is 0. The number of hydrogen-bond donors (Lipinski definition) is 4. The van der Waals surface area contributed by atoms with Crippen molar-refractivity contribution in [2.75, 3.05) is 31.2 Å². The molecule has 0 saturated heterocycles. The average Bonchev–Trinajstić information content (AvgIpc) is 2.44. The summed E-state index contributed by atoms with van der Waals surface area (Å²) in [7, 11) is -2.11. The maximum Gasteiger partial charge on any atom is 0.240 e. The van der Waals surface area contributed by atoms with E-state index in [0.717, 1.165) is 6.42 Å². The number of anilines is 2. The van der Waals surface area contributed by atoms with Crippen molar-refractivity contribution in [3.63, 3.8) is 0 Å². The molecule has 1 aromatic carbocycles. The Morgan fingerprint density at radius 3 is 2.65 bits per heavy atom. The Balaban J connectivity index is 2.87. The summed E-state index contributed by atoms with van der Waals surface area (Å²) in [4.78, 5) is 0.173. The van der Waals surface area contributed by atoms with E-state index < -0.39 is 10.0 Å². The van der Waals surface area contributed by atoms with Crippen LogP contribution in [-0.2, 0) is 10.0 Å². The van der Waals surface area contributed by atoms with Crippen LogP contribution >= 0.6 is 0 Å². The van der Waals surface area contributed by atoms with Gasteiger partial charge in [-0.25, -0.2) is 13.1 Å². The maximum atomic E-state index is 11.7. The molecule has 0 aromatic heterocycles. The molecule has 1 rings (SSSR count). The number of hydrogen-bond acceptors (Lipinski definition) is 5. The van der Waals surface area contributed by atoms with Crippen molar-refractivity contribution in [1.82, 2.24) is 4.72 Å². The van der Waals surface area contributed by atoms with E-state index in [9.17, 15) is 8.42 Å². The zero-order valence-electron chi connectivity index (χ0n) is 11.9. The van der Waals surface area contributed by atoms with Gasteiger partial charge in [0.2, 0.25) is 10.0 Å². The Morgan fingerprint density at radius 2 is 2.10 bits per heavy atom. The van der Waals surface area contributed by atoms with Crippen LogP contribution < -0.4 is 15.8 Å². The van der Waals surface area contributed by atoms with Gasteiger partial charge in [-0.3, -0.25) is 0 Å². The minimum absolute atomic E-state index is 0.143. The van der Waals surface area contributed by atoms with E-state index in [1.165, 1.54) is 19.2 Å². The minimum atomic E-state index is -3.48. The topological polar surface area (TPSA) is 104 Å². The van der Waals surface area contributed by atoms with Crippen molar-refractivity contribution in [1.29, 1.82) is 0 Å². The van der Waals surface area contributed by atoms with Crippen molar-refractivity contribution in [3.8, 4) is 0 Å². The van der Waals surface area contributed by atoms with Gasteiger partial charge in [0, 0.05) is 13.2 Å². The van der Waals surface area contributed by atoms with E-state index in [2.05, 4.69) is 10.0 Å². The molecular weight excluding hydrogens is 278 g/mol. The first kappa shape index (κ1) is 16.7. The second-order valence-corrected chi connectivity index (χ2v) is 6.51. The lowest BCUT2D eigenvalue weighted by molar-refractivity contribution is 0.258. The van der Waals surface area contributed by atoms with Crippen LogP contribution in [0.25, 0.3) is 0 Å². The average molecular weight is 301 g/mol. The fraction of sp³-hybridized carbons (Fsp3) is 0.538. The van der Waals surface area contributed by atoms with Crippen molar-refractivity contribution >= 4 is 21.4 Å². The summed E-state index contributed by atoms with van der Waals surface area (Å²) in [6.07, 6.45) is 1.64. The third-order valence-electron chi connectivity index (χ3n) is 3.30. The van der Waals surface area contributed by atoms with E-state index in [1.807, 2.05) is 6.92 Å². The van der Waals surface area contributed by atoms with Crippen LogP contribution in [0.5, 0.6) is 0 Å². The highest BCUT2D eigenvalue weighted by atomic mass is 32.2. The van der Waals surface area contributed by atoms with Gasteiger partial charge in [-0.1, -0.05) is 13.3 Å². The second kappa shape index (κ2) is 7.47. The van der Waals surface area contributed by atoms with Gasteiger partial charge in [-0.15, -0.1) is 0 Å². The van der Waals surface area contributed by atoms with Crippen LogP contribution in [0.2, 0.25) is 0 Å². The van der Waals surface area contributed by atoms with Gasteiger partial charge in [-0.05, 0) is 37.6 Å². The highest BCUT2D eigenvalue weighted by Gasteiger charge is 2.14. The quantitative estimate of drug-likeness (QED) is 0.536. The molecule has 0 heterocycles. The lowest BCUT2D eigenvalue weighted by Crippen LogP contribution is -2.19. The second-order valence-electron chi connectivity index (χ2n) is 4.62. The minimum Gasteiger partial charge on any atom is -0.397 e. The first-order valence-electron chi connectivity index (χ1n) is 6.62. The molecule has 20 heavy (non-hydrogen) atoms. The van der Waals surface area contributed by atoms with Crippen LogP contribution in [0.4, 0.5) is 11.4 Å². The van der Waals surface area contributed by atoms with Crippen LogP contribution in [0.1, 0.15) is 19.8 Å². The molecule has 7 heteroatoms. The van der Waals surface area contributed by atoms with E-state index in [1.54, 1.807) is 6.07 Å². The molecule has 0 amide bonds. The summed E-state index contributed by atoms with van der Waals surface area (Å²) < 4.78 is 25.8. The molecule has 0 saturated carbocycles. The summed E-state index contributed by atoms with van der Waals surface area (Å²) in [6, 6.07) is 4.56. The Bertz CT molecular complexity index is 532. The molecule has 0 fully saturated rings. The van der Waals surface area contributed by atoms with Gasteiger partial charge in [0.25, 0.3) is 0 Å². The molecule has 114 valence electrons. The Hall–Kier alpha value is -1.31. The number of sulfonamides is 1. The molecule has 0 bridgehead atoms. The maximum absolute atomic E-state index is 11.7. The lowest BCUT2D eigenvalue weighted by Gasteiger charge is -2.17. The summed E-state index contributed by atoms with van der Waals surface area (Å²) in [5, 5.41) is 12.1. The van der Waals surface area contributed by atoms with Crippen molar-refractivity contribution < 1.29 is 13.5 Å². The molecule has 0 radical (unpaired) electrons. The molecule has 0 spiro atoms. The molecule has 1 unspecified atom stereocenters. The highest BCUT2D eigenvalue weighted by molar-refractivity contribution is 7.89. The predicted molar refractivity (Wildman–Crippen MR) is 81.1 cm³/mol. The van der Waals surface area contributed by atoms with Crippen LogP contribution in [0.3, 0.4) is 0 Å². The van der Waals surface area contributed by atoms with E-state index >= 15 is 0 Å². The molecule has 0 aliphatic carbocycles. The fourth-order valence-corrected chi connectivity index (χ4v) is 2.62. The Kier molecular flexibility index (Phi) is 6.25. The van der Waals surface area contributed by atoms with Crippen LogP contribution in [0.15, 0.2) is 23.1 Å². The first-order valence-corrected chi connectivity index (χ1v) is 8.10. The van der Waals surface area contributed by atoms with E-state index in [4.69, 9.17) is 10.8 Å². The van der Waals surface area contributed by atoms with Gasteiger partial charge in [0.05, 0.1) is 16.3 Å². The predicted octanol–water partition coefficient (Wildman–Crippen LogP) is 0.997. The largest absolute Gasteiger partial charge is 0.397 e. The van der Waals surface area contributed by atoms with Crippen LogP contribution in [0, 0.1) is 5.92 Å². The van der Waals surface area contributed by atoms with Crippen molar-refractivity contribution in [2.24, 2.45) is 5.92 Å². The van der Waals surface area contributed by atoms with Gasteiger partial charge < -0.3 is 16.2 Å². The summed E-state index contributed by atoms with van der Waals surface area (Å²) in [6.45, 7) is 2.83. The molecule has 1 atom stereocenters. The Morgan fingerprint density at radius 1 is 1.40 bits per heavy atom. The highest BCUT2D eigenvalue weighted by Crippen LogP contribution is 2.23. The van der Waals surface area contributed by atoms with Gasteiger partial charge in [0.1, 0.15) is 0 Å². The summed E-state index contributed by atoms with van der Waals surface area (Å²) in [5.74, 6) is 0.323. The third-order valence-corrected chi connectivity index (χ3v) is 4.71. The molecular formula is C13H23N3O3S. The third kappa shape index (κ3) is 4.36. The van der Waals surface area contributed by atoms with Gasteiger partial charge in [-0.2, -0.15) is 0 Å². The zero-order valence-corrected chi connectivity index (χ0v) is 12.7. The van der Waals surface area contributed by atoms with Gasteiger partial charge in [0.15, 0.2) is 0 Å². The first-order chi connectivity index (χ1) is 9.44. The monoisotopic (exact) mass is 301 g/mol. The van der Waals surface area contributed by atoms with E-state index in [0.29, 0.717) is 30.3 Å². The normalized spacial score (nSPS) is 13.2. The van der Waals surface area contributed by atoms with Gasteiger partial charge >= 0.3 is 0 Å². The number of aliphatic hydroxyl groups is 1. The van der Waals surface area contributed by atoms with Crippen molar-refractivity contribution in [2.45, 2.75) is 24.7 Å². The fourth-order valence-electron chi connectivity index (χ4n) is 1.86. The van der Waals surface area contributed by atoms with Crippen molar-refractivity contribution in [3.05, 3.63) is 18.2 Å². The molecule has 6 nitrogen and oxygen atoms in total. The molecule has 5 N–H and O–H groups in total. The van der Waals surface area contributed by atoms with Crippen LogP contribution in [-0.4, -0.2) is 33.7 Å². The smallest absolute Gasteiger partial charge is 0.240 e. The number of aliphatic hydroxyl groups excluding tert-OH is 1. The number of nitrogen functional groups attached to an aromatic ring is 1. The molecule has 1 aromatic rings.